The number of carbonyl (C=O) groups is 1. The summed E-state index contributed by atoms with van der Waals surface area (Å²) in [5.41, 5.74) is 0.942. The van der Waals surface area contributed by atoms with E-state index in [1.54, 1.807) is 23.5 Å². The van der Waals surface area contributed by atoms with E-state index in [1.807, 2.05) is 24.3 Å². The molecule has 0 aliphatic carbocycles. The second-order valence-corrected chi connectivity index (χ2v) is 6.19. The molecular weight excluding hydrogens is 381 g/mol. The first kappa shape index (κ1) is 21.4. The van der Waals surface area contributed by atoms with Crippen LogP contribution in [-0.2, 0) is 0 Å². The van der Waals surface area contributed by atoms with Crippen molar-refractivity contribution in [3.63, 3.8) is 0 Å². The van der Waals surface area contributed by atoms with Gasteiger partial charge in [0, 0.05) is 13.1 Å². The molecule has 0 fully saturated rings. The molecule has 0 spiro atoms. The zero-order valence-corrected chi connectivity index (χ0v) is 16.2. The summed E-state index contributed by atoms with van der Waals surface area (Å²) in [7, 11) is 0. The second kappa shape index (κ2) is 10.4. The van der Waals surface area contributed by atoms with Crippen LogP contribution in [0.4, 0.5) is 0 Å². The molecule has 0 aliphatic heterocycles. The third-order valence-corrected chi connectivity index (χ3v) is 4.40. The lowest BCUT2D eigenvalue weighted by atomic mass is 10.3. The van der Waals surface area contributed by atoms with Gasteiger partial charge in [0.2, 0.25) is 0 Å². The number of benzene rings is 1. The first-order chi connectivity index (χ1) is 11.3. The number of aromatic nitrogens is 1. The zero-order valence-electron chi connectivity index (χ0n) is 13.8. The van der Waals surface area contributed by atoms with Crippen LogP contribution in [0.25, 0.3) is 21.0 Å². The van der Waals surface area contributed by atoms with Gasteiger partial charge in [0.05, 0.1) is 10.2 Å². The molecule has 3 rings (SSSR count). The number of hydrogen-bond acceptors (Lipinski definition) is 5. The van der Waals surface area contributed by atoms with Gasteiger partial charge in [-0.05, 0) is 37.2 Å². The molecule has 0 atom stereocenters. The average Bonchev–Trinajstić information content (AvgIpc) is 3.21. The molecule has 0 aliphatic rings. The van der Waals surface area contributed by atoms with Crippen molar-refractivity contribution in [2.45, 2.75) is 13.3 Å². The fraction of sp³-hybridized carbons (Fsp3) is 0.294. The van der Waals surface area contributed by atoms with Crippen LogP contribution in [0, 0.1) is 0 Å². The van der Waals surface area contributed by atoms with Gasteiger partial charge in [-0.15, -0.1) is 36.2 Å². The van der Waals surface area contributed by atoms with Crippen molar-refractivity contribution in [3.05, 3.63) is 42.2 Å². The van der Waals surface area contributed by atoms with Gasteiger partial charge in [-0.1, -0.05) is 19.1 Å². The lowest BCUT2D eigenvalue weighted by Crippen LogP contribution is -2.31. The number of furan rings is 1. The Bertz CT molecular complexity index is 771. The lowest BCUT2D eigenvalue weighted by Gasteiger charge is -2.04. The van der Waals surface area contributed by atoms with E-state index < -0.39 is 0 Å². The summed E-state index contributed by atoms with van der Waals surface area (Å²) < 4.78 is 6.76. The summed E-state index contributed by atoms with van der Waals surface area (Å²) in [6, 6.07) is 11.4. The van der Waals surface area contributed by atoms with Gasteiger partial charge in [0.25, 0.3) is 5.91 Å². The Kier molecular flexibility index (Phi) is 8.92. The van der Waals surface area contributed by atoms with Gasteiger partial charge in [-0.3, -0.25) is 4.79 Å². The van der Waals surface area contributed by atoms with E-state index in [0.29, 0.717) is 18.1 Å². The Hall–Kier alpha value is -1.60. The Morgan fingerprint density at radius 3 is 2.68 bits per heavy atom. The van der Waals surface area contributed by atoms with Crippen LogP contribution in [0.3, 0.4) is 0 Å². The van der Waals surface area contributed by atoms with Crippen molar-refractivity contribution in [3.8, 4) is 10.8 Å². The number of nitrogens with zero attached hydrogens (tertiary/aromatic N) is 1. The number of thiazole rings is 1. The predicted octanol–water partition coefficient (Wildman–Crippen LogP) is 4.13. The van der Waals surface area contributed by atoms with Gasteiger partial charge in [0.1, 0.15) is 0 Å². The highest BCUT2D eigenvalue weighted by Crippen LogP contribution is 2.30. The predicted molar refractivity (Wildman–Crippen MR) is 107 cm³/mol. The minimum Gasteiger partial charge on any atom is -0.448 e. The smallest absolute Gasteiger partial charge is 0.287 e. The van der Waals surface area contributed by atoms with Crippen molar-refractivity contribution in [1.82, 2.24) is 15.6 Å². The summed E-state index contributed by atoms with van der Waals surface area (Å²) in [6.07, 6.45) is 1.08. The Morgan fingerprint density at radius 1 is 1.12 bits per heavy atom. The highest BCUT2D eigenvalue weighted by atomic mass is 35.5. The summed E-state index contributed by atoms with van der Waals surface area (Å²) >= 11 is 1.56. The number of para-hydroxylation sites is 1. The monoisotopic (exact) mass is 401 g/mol. The molecule has 1 aromatic carbocycles. The van der Waals surface area contributed by atoms with Gasteiger partial charge in [-0.2, -0.15) is 0 Å². The van der Waals surface area contributed by atoms with Crippen LogP contribution in [0.15, 0.2) is 40.8 Å². The third-order valence-electron chi connectivity index (χ3n) is 3.35. The molecule has 136 valence electrons. The van der Waals surface area contributed by atoms with E-state index in [2.05, 4.69) is 22.5 Å². The van der Waals surface area contributed by atoms with Crippen molar-refractivity contribution >= 4 is 52.3 Å². The fourth-order valence-electron chi connectivity index (χ4n) is 2.21. The fourth-order valence-corrected chi connectivity index (χ4v) is 3.13. The Balaban J connectivity index is 0.00000156. The van der Waals surface area contributed by atoms with E-state index in [4.69, 9.17) is 4.42 Å². The van der Waals surface area contributed by atoms with E-state index in [1.165, 1.54) is 0 Å². The number of carbonyl (C=O) groups excluding carboxylic acids is 1. The number of rotatable bonds is 7. The molecule has 8 heteroatoms. The molecule has 0 bridgehead atoms. The average molecular weight is 402 g/mol. The van der Waals surface area contributed by atoms with Crippen molar-refractivity contribution in [2.75, 3.05) is 19.6 Å². The van der Waals surface area contributed by atoms with E-state index in [9.17, 15) is 4.79 Å². The number of halogens is 2. The minimum absolute atomic E-state index is 0. The molecule has 2 heterocycles. The van der Waals surface area contributed by atoms with Crippen LogP contribution in [0.1, 0.15) is 23.9 Å². The Morgan fingerprint density at radius 2 is 1.92 bits per heavy atom. The van der Waals surface area contributed by atoms with E-state index >= 15 is 0 Å². The molecule has 0 saturated heterocycles. The highest BCUT2D eigenvalue weighted by Gasteiger charge is 2.14. The number of hydrogen-bond donors (Lipinski definition) is 2. The van der Waals surface area contributed by atoms with Crippen molar-refractivity contribution in [1.29, 1.82) is 0 Å². The molecule has 25 heavy (non-hydrogen) atoms. The number of fused-ring (bicyclic) bond motifs is 1. The van der Waals surface area contributed by atoms with E-state index in [0.717, 1.165) is 34.7 Å². The molecule has 5 nitrogen and oxygen atoms in total. The van der Waals surface area contributed by atoms with Gasteiger partial charge in [0.15, 0.2) is 16.5 Å². The number of nitrogens with one attached hydrogen (secondary N) is 2. The van der Waals surface area contributed by atoms with Crippen LogP contribution < -0.4 is 10.6 Å². The summed E-state index contributed by atoms with van der Waals surface area (Å²) in [5.74, 6) is 0.742. The van der Waals surface area contributed by atoms with Crippen molar-refractivity contribution < 1.29 is 9.21 Å². The van der Waals surface area contributed by atoms with E-state index in [-0.39, 0.29) is 30.7 Å². The lowest BCUT2D eigenvalue weighted by molar-refractivity contribution is 0.0927. The molecule has 2 aromatic heterocycles. The molecular formula is C17H21Cl2N3O2S. The molecule has 0 radical (unpaired) electrons. The van der Waals surface area contributed by atoms with Crippen LogP contribution in [0.2, 0.25) is 0 Å². The second-order valence-electron chi connectivity index (χ2n) is 5.16. The maximum absolute atomic E-state index is 12.0. The van der Waals surface area contributed by atoms with Gasteiger partial charge < -0.3 is 15.1 Å². The molecule has 0 saturated carbocycles. The highest BCUT2D eigenvalue weighted by molar-refractivity contribution is 7.21. The van der Waals surface area contributed by atoms with Gasteiger partial charge >= 0.3 is 0 Å². The summed E-state index contributed by atoms with van der Waals surface area (Å²) in [6.45, 7) is 4.40. The van der Waals surface area contributed by atoms with Crippen molar-refractivity contribution in [2.24, 2.45) is 0 Å². The minimum atomic E-state index is -0.198. The quantitative estimate of drug-likeness (QED) is 0.584. The maximum Gasteiger partial charge on any atom is 0.287 e. The molecule has 3 aromatic rings. The zero-order chi connectivity index (χ0) is 16.1. The maximum atomic E-state index is 12.0. The van der Waals surface area contributed by atoms with Crippen LogP contribution in [0.5, 0.6) is 0 Å². The summed E-state index contributed by atoms with van der Waals surface area (Å²) in [5, 5.41) is 6.86. The standard InChI is InChI=1S/C17H19N3O2S.2ClH/c1-2-9-18-10-11-19-16(21)13-7-8-14(22-13)17-20-12-5-3-4-6-15(12)23-17;;/h3-8,18H,2,9-11H2,1H3,(H,19,21);2*1H. The third kappa shape index (κ3) is 5.44. The van der Waals surface area contributed by atoms with Crippen LogP contribution >= 0.6 is 36.2 Å². The Labute approximate surface area is 163 Å². The molecule has 2 N–H and O–H groups in total. The SMILES string of the molecule is CCCNCCNC(=O)c1ccc(-c2nc3ccccc3s2)o1.Cl.Cl. The molecule has 1 amide bonds. The molecule has 0 unspecified atom stereocenters. The summed E-state index contributed by atoms with van der Waals surface area (Å²) in [4.78, 5) is 16.6. The normalized spacial score (nSPS) is 10.1. The van der Waals surface area contributed by atoms with Crippen LogP contribution in [-0.4, -0.2) is 30.5 Å². The first-order valence-corrected chi connectivity index (χ1v) is 8.54. The topological polar surface area (TPSA) is 67.2 Å². The first-order valence-electron chi connectivity index (χ1n) is 7.72. The van der Waals surface area contributed by atoms with Gasteiger partial charge in [-0.25, -0.2) is 4.98 Å². The number of amides is 1. The largest absolute Gasteiger partial charge is 0.448 e.